The Kier molecular flexibility index (Phi) is 4.36. The molecule has 0 bridgehead atoms. The maximum Gasteiger partial charge on any atom is 0.222 e. The van der Waals surface area contributed by atoms with E-state index >= 15 is 0 Å². The second-order valence-corrected chi connectivity index (χ2v) is 4.95. The van der Waals surface area contributed by atoms with E-state index in [4.69, 9.17) is 0 Å². The Morgan fingerprint density at radius 2 is 2.33 bits per heavy atom. The highest BCUT2D eigenvalue weighted by molar-refractivity contribution is 5.78. The van der Waals surface area contributed by atoms with Crippen LogP contribution in [0.15, 0.2) is 18.5 Å². The van der Waals surface area contributed by atoms with Crippen LogP contribution in [0.3, 0.4) is 0 Å². The van der Waals surface area contributed by atoms with E-state index < -0.39 is 0 Å². The molecule has 0 aromatic carbocycles. The number of rotatable bonds is 6. The standard InChI is InChI=1S/C13H22N4O/c1-11(12(2)17-9-4-6-15-17)14-7-10-16-8-3-5-13(16)18/h4,6,9,11-12,14H,3,5,7-8,10H2,1-2H3. The zero-order valence-electron chi connectivity index (χ0n) is 11.2. The highest BCUT2D eigenvalue weighted by atomic mass is 16.2. The van der Waals surface area contributed by atoms with Crippen LogP contribution in [-0.4, -0.2) is 46.3 Å². The van der Waals surface area contributed by atoms with Crippen LogP contribution < -0.4 is 5.32 Å². The molecule has 2 rings (SSSR count). The fraction of sp³-hybridized carbons (Fsp3) is 0.692. The van der Waals surface area contributed by atoms with E-state index in [0.29, 0.717) is 18.0 Å². The molecule has 1 saturated heterocycles. The average Bonchev–Trinajstić information content (AvgIpc) is 3.00. The lowest BCUT2D eigenvalue weighted by Gasteiger charge is -2.23. The number of hydrogen-bond donors (Lipinski definition) is 1. The zero-order chi connectivity index (χ0) is 13.0. The third-order valence-corrected chi connectivity index (χ3v) is 3.69. The van der Waals surface area contributed by atoms with Crippen LogP contribution in [0, 0.1) is 0 Å². The van der Waals surface area contributed by atoms with Crippen LogP contribution in [0.2, 0.25) is 0 Å². The second kappa shape index (κ2) is 6.00. The fourth-order valence-corrected chi connectivity index (χ4v) is 2.29. The summed E-state index contributed by atoms with van der Waals surface area (Å²) in [5.74, 6) is 0.296. The summed E-state index contributed by atoms with van der Waals surface area (Å²) in [7, 11) is 0. The summed E-state index contributed by atoms with van der Waals surface area (Å²) in [5.41, 5.74) is 0. The summed E-state index contributed by atoms with van der Waals surface area (Å²) in [6.07, 6.45) is 5.51. The molecule has 5 heteroatoms. The number of nitrogens with one attached hydrogen (secondary N) is 1. The first-order chi connectivity index (χ1) is 8.68. The Labute approximate surface area is 108 Å². The van der Waals surface area contributed by atoms with Crippen molar-refractivity contribution in [1.82, 2.24) is 20.0 Å². The number of carbonyl (C=O) groups excluding carboxylic acids is 1. The molecule has 1 aromatic heterocycles. The van der Waals surface area contributed by atoms with Gasteiger partial charge in [0, 0.05) is 44.5 Å². The van der Waals surface area contributed by atoms with Crippen molar-refractivity contribution in [2.24, 2.45) is 0 Å². The number of hydrogen-bond acceptors (Lipinski definition) is 3. The van der Waals surface area contributed by atoms with Crippen LogP contribution >= 0.6 is 0 Å². The van der Waals surface area contributed by atoms with E-state index in [9.17, 15) is 4.79 Å². The minimum absolute atomic E-state index is 0.296. The molecule has 100 valence electrons. The quantitative estimate of drug-likeness (QED) is 0.821. The molecule has 0 saturated carbocycles. The number of likely N-dealkylation sites (tertiary alicyclic amines) is 1. The molecule has 1 aliphatic heterocycles. The lowest BCUT2D eigenvalue weighted by Crippen LogP contribution is -2.39. The van der Waals surface area contributed by atoms with Gasteiger partial charge in [-0.1, -0.05) is 0 Å². The van der Waals surface area contributed by atoms with Crippen LogP contribution in [0.25, 0.3) is 0 Å². The van der Waals surface area contributed by atoms with Gasteiger partial charge in [-0.3, -0.25) is 9.48 Å². The maximum atomic E-state index is 11.5. The normalized spacial score (nSPS) is 19.2. The predicted octanol–water partition coefficient (Wildman–Crippen LogP) is 1.04. The Morgan fingerprint density at radius 1 is 1.50 bits per heavy atom. The van der Waals surface area contributed by atoms with Gasteiger partial charge in [0.2, 0.25) is 5.91 Å². The number of amides is 1. The Morgan fingerprint density at radius 3 is 2.94 bits per heavy atom. The van der Waals surface area contributed by atoms with Crippen molar-refractivity contribution in [2.45, 2.75) is 38.8 Å². The molecular formula is C13H22N4O. The maximum absolute atomic E-state index is 11.5. The molecule has 2 unspecified atom stereocenters. The van der Waals surface area contributed by atoms with Gasteiger partial charge in [0.15, 0.2) is 0 Å². The van der Waals surface area contributed by atoms with Gasteiger partial charge in [-0.05, 0) is 26.3 Å². The van der Waals surface area contributed by atoms with Crippen molar-refractivity contribution >= 4 is 5.91 Å². The van der Waals surface area contributed by atoms with Gasteiger partial charge in [-0.2, -0.15) is 5.10 Å². The topological polar surface area (TPSA) is 50.2 Å². The Bertz CT molecular complexity index is 376. The smallest absolute Gasteiger partial charge is 0.222 e. The first-order valence-electron chi connectivity index (χ1n) is 6.69. The van der Waals surface area contributed by atoms with Gasteiger partial charge in [-0.15, -0.1) is 0 Å². The minimum atomic E-state index is 0.296. The molecule has 1 N–H and O–H groups in total. The van der Waals surface area contributed by atoms with Crippen molar-refractivity contribution in [3.05, 3.63) is 18.5 Å². The van der Waals surface area contributed by atoms with Crippen LogP contribution in [0.5, 0.6) is 0 Å². The number of carbonyl (C=O) groups is 1. The summed E-state index contributed by atoms with van der Waals surface area (Å²) in [6, 6.07) is 2.59. The van der Waals surface area contributed by atoms with Crippen molar-refractivity contribution in [1.29, 1.82) is 0 Å². The molecule has 1 amide bonds. The van der Waals surface area contributed by atoms with Crippen LogP contribution in [0.4, 0.5) is 0 Å². The van der Waals surface area contributed by atoms with Gasteiger partial charge in [0.05, 0.1) is 6.04 Å². The Hall–Kier alpha value is -1.36. The van der Waals surface area contributed by atoms with Gasteiger partial charge in [-0.25, -0.2) is 0 Å². The molecule has 0 spiro atoms. The summed E-state index contributed by atoms with van der Waals surface area (Å²) >= 11 is 0. The average molecular weight is 250 g/mol. The molecule has 1 fully saturated rings. The molecule has 5 nitrogen and oxygen atoms in total. The van der Waals surface area contributed by atoms with Crippen LogP contribution in [-0.2, 0) is 4.79 Å². The van der Waals surface area contributed by atoms with Gasteiger partial charge in [0.25, 0.3) is 0 Å². The molecule has 1 aromatic rings. The van der Waals surface area contributed by atoms with Gasteiger partial charge in [0.1, 0.15) is 0 Å². The fourth-order valence-electron chi connectivity index (χ4n) is 2.29. The molecule has 2 heterocycles. The first-order valence-corrected chi connectivity index (χ1v) is 6.69. The van der Waals surface area contributed by atoms with E-state index in [1.54, 1.807) is 6.20 Å². The van der Waals surface area contributed by atoms with E-state index in [0.717, 1.165) is 32.5 Å². The Balaban J connectivity index is 1.71. The first kappa shape index (κ1) is 13.1. The second-order valence-electron chi connectivity index (χ2n) is 4.95. The molecule has 18 heavy (non-hydrogen) atoms. The van der Waals surface area contributed by atoms with E-state index in [-0.39, 0.29) is 0 Å². The van der Waals surface area contributed by atoms with Crippen molar-refractivity contribution < 1.29 is 4.79 Å². The van der Waals surface area contributed by atoms with Crippen molar-refractivity contribution in [3.8, 4) is 0 Å². The predicted molar refractivity (Wildman–Crippen MR) is 70.2 cm³/mol. The van der Waals surface area contributed by atoms with E-state index in [2.05, 4.69) is 24.3 Å². The zero-order valence-corrected chi connectivity index (χ0v) is 11.2. The third-order valence-electron chi connectivity index (χ3n) is 3.69. The molecular weight excluding hydrogens is 228 g/mol. The molecule has 1 aliphatic rings. The van der Waals surface area contributed by atoms with Gasteiger partial charge < -0.3 is 10.2 Å². The van der Waals surface area contributed by atoms with E-state index in [1.807, 2.05) is 21.8 Å². The third kappa shape index (κ3) is 3.10. The van der Waals surface area contributed by atoms with Crippen molar-refractivity contribution in [2.75, 3.05) is 19.6 Å². The highest BCUT2D eigenvalue weighted by Gasteiger charge is 2.20. The SMILES string of the molecule is CC(NCCN1CCCC1=O)C(C)n1cccn1. The number of aromatic nitrogens is 2. The van der Waals surface area contributed by atoms with Gasteiger partial charge >= 0.3 is 0 Å². The lowest BCUT2D eigenvalue weighted by atomic mass is 10.2. The van der Waals surface area contributed by atoms with Crippen LogP contribution in [0.1, 0.15) is 32.7 Å². The monoisotopic (exact) mass is 250 g/mol. The lowest BCUT2D eigenvalue weighted by molar-refractivity contribution is -0.127. The summed E-state index contributed by atoms with van der Waals surface area (Å²) in [5, 5.41) is 7.71. The highest BCUT2D eigenvalue weighted by Crippen LogP contribution is 2.10. The summed E-state index contributed by atoms with van der Waals surface area (Å²) in [4.78, 5) is 13.4. The van der Waals surface area contributed by atoms with Crippen molar-refractivity contribution in [3.63, 3.8) is 0 Å². The summed E-state index contributed by atoms with van der Waals surface area (Å²) in [6.45, 7) is 6.88. The molecule has 2 atom stereocenters. The minimum Gasteiger partial charge on any atom is -0.341 e. The molecule has 0 radical (unpaired) electrons. The number of nitrogens with zero attached hydrogens (tertiary/aromatic N) is 3. The summed E-state index contributed by atoms with van der Waals surface area (Å²) < 4.78 is 1.96. The van der Waals surface area contributed by atoms with E-state index in [1.165, 1.54) is 0 Å². The molecule has 0 aliphatic carbocycles. The largest absolute Gasteiger partial charge is 0.341 e.